The molecule has 0 atom stereocenters. The zero-order valence-electron chi connectivity index (χ0n) is 17.2. The van der Waals surface area contributed by atoms with Crippen LogP contribution >= 0.6 is 0 Å². The van der Waals surface area contributed by atoms with E-state index in [9.17, 15) is 9.59 Å². The molecule has 4 aromatic rings. The van der Waals surface area contributed by atoms with Gasteiger partial charge in [-0.05, 0) is 49.4 Å². The van der Waals surface area contributed by atoms with E-state index in [2.05, 4.69) is 10.3 Å². The third-order valence-corrected chi connectivity index (χ3v) is 5.06. The van der Waals surface area contributed by atoms with Crippen LogP contribution in [0.5, 0.6) is 11.5 Å². The summed E-state index contributed by atoms with van der Waals surface area (Å²) in [7, 11) is 0. The van der Waals surface area contributed by atoms with E-state index in [0.717, 1.165) is 17.0 Å². The number of hydrogen-bond donors (Lipinski definition) is 1. The van der Waals surface area contributed by atoms with Crippen molar-refractivity contribution in [2.24, 2.45) is 0 Å². The highest BCUT2D eigenvalue weighted by Crippen LogP contribution is 2.34. The van der Waals surface area contributed by atoms with Crippen LogP contribution < -0.4 is 14.8 Å². The number of amides is 1. The Hall–Kier alpha value is -4.33. The second kappa shape index (κ2) is 8.07. The van der Waals surface area contributed by atoms with Crippen LogP contribution in [0.25, 0.3) is 16.7 Å². The molecule has 5 rings (SSSR count). The molecule has 1 aliphatic rings. The Balaban J connectivity index is 1.26. The van der Waals surface area contributed by atoms with Crippen molar-refractivity contribution in [1.82, 2.24) is 9.55 Å². The maximum Gasteiger partial charge on any atom is 0.338 e. The Labute approximate surface area is 183 Å². The minimum Gasteiger partial charge on any atom is -0.454 e. The summed E-state index contributed by atoms with van der Waals surface area (Å²) in [6.07, 6.45) is 0. The van der Waals surface area contributed by atoms with Crippen molar-refractivity contribution in [3.05, 3.63) is 78.1 Å². The van der Waals surface area contributed by atoms with Gasteiger partial charge in [0.15, 0.2) is 18.1 Å². The molecule has 2 heterocycles. The van der Waals surface area contributed by atoms with Crippen molar-refractivity contribution in [3.8, 4) is 17.2 Å². The van der Waals surface area contributed by atoms with Gasteiger partial charge in [-0.3, -0.25) is 9.36 Å². The van der Waals surface area contributed by atoms with Crippen molar-refractivity contribution >= 4 is 28.6 Å². The largest absolute Gasteiger partial charge is 0.454 e. The quantitative estimate of drug-likeness (QED) is 0.485. The number of nitrogens with zero attached hydrogens (tertiary/aromatic N) is 2. The molecule has 0 radical (unpaired) electrons. The molecule has 0 bridgehead atoms. The fraction of sp³-hybridized carbons (Fsp3) is 0.125. The number of carbonyl (C=O) groups excluding carboxylic acids is 2. The summed E-state index contributed by atoms with van der Waals surface area (Å²) < 4.78 is 17.7. The molecule has 0 fully saturated rings. The van der Waals surface area contributed by atoms with E-state index < -0.39 is 18.5 Å². The predicted molar refractivity (Wildman–Crippen MR) is 117 cm³/mol. The molecule has 1 aromatic heterocycles. The van der Waals surface area contributed by atoms with Crippen LogP contribution in [-0.2, 0) is 9.53 Å². The van der Waals surface area contributed by atoms with Crippen LogP contribution in [0.3, 0.4) is 0 Å². The first-order chi connectivity index (χ1) is 15.6. The van der Waals surface area contributed by atoms with Crippen molar-refractivity contribution in [1.29, 1.82) is 0 Å². The number of imidazole rings is 1. The highest BCUT2D eigenvalue weighted by atomic mass is 16.7. The van der Waals surface area contributed by atoms with Gasteiger partial charge in [0.05, 0.1) is 16.6 Å². The van der Waals surface area contributed by atoms with Gasteiger partial charge in [-0.1, -0.05) is 18.2 Å². The molecule has 3 aromatic carbocycles. The molecule has 0 spiro atoms. The number of esters is 1. The predicted octanol–water partition coefficient (Wildman–Crippen LogP) is 3.86. The Morgan fingerprint density at radius 3 is 2.69 bits per heavy atom. The average molecular weight is 429 g/mol. The van der Waals surface area contributed by atoms with Gasteiger partial charge in [-0.25, -0.2) is 9.78 Å². The van der Waals surface area contributed by atoms with Gasteiger partial charge in [-0.2, -0.15) is 0 Å². The van der Waals surface area contributed by atoms with E-state index in [1.54, 1.807) is 30.3 Å². The summed E-state index contributed by atoms with van der Waals surface area (Å²) in [6, 6.07) is 20.1. The number of aromatic nitrogens is 2. The normalized spacial score (nSPS) is 12.0. The maximum absolute atomic E-state index is 12.5. The van der Waals surface area contributed by atoms with Crippen molar-refractivity contribution < 1.29 is 23.8 Å². The summed E-state index contributed by atoms with van der Waals surface area (Å²) >= 11 is 0. The first kappa shape index (κ1) is 19.6. The monoisotopic (exact) mass is 429 g/mol. The molecule has 1 aliphatic heterocycles. The summed E-state index contributed by atoms with van der Waals surface area (Å²) in [5, 5.41) is 2.67. The fourth-order valence-electron chi connectivity index (χ4n) is 3.62. The molecule has 0 saturated carbocycles. The minimum atomic E-state index is -0.598. The first-order valence-corrected chi connectivity index (χ1v) is 9.99. The van der Waals surface area contributed by atoms with Crippen LogP contribution in [-0.4, -0.2) is 34.8 Å². The molecular formula is C24H19N3O5. The molecule has 8 heteroatoms. The lowest BCUT2D eigenvalue weighted by molar-refractivity contribution is -0.119. The molecule has 0 aliphatic carbocycles. The number of carbonyl (C=O) groups is 2. The number of anilines is 1. The Bertz CT molecular complexity index is 1330. The van der Waals surface area contributed by atoms with Crippen LogP contribution in [0, 0.1) is 6.92 Å². The maximum atomic E-state index is 12.5. The third-order valence-electron chi connectivity index (χ3n) is 5.06. The van der Waals surface area contributed by atoms with E-state index in [1.807, 2.05) is 47.9 Å². The standard InChI is InChI=1S/C24H19N3O5/c1-15-25-19-11-16(7-9-20(19)27(15)18-5-3-2-4-6-18)24(29)30-13-23(28)26-17-8-10-21-22(12-17)32-14-31-21/h2-12H,13-14H2,1H3,(H,26,28). The van der Waals surface area contributed by atoms with Crippen molar-refractivity contribution in [3.63, 3.8) is 0 Å². The molecule has 1 N–H and O–H groups in total. The van der Waals surface area contributed by atoms with E-state index in [1.165, 1.54) is 0 Å². The van der Waals surface area contributed by atoms with Crippen LogP contribution in [0.4, 0.5) is 5.69 Å². The van der Waals surface area contributed by atoms with Gasteiger partial charge in [0.1, 0.15) is 5.82 Å². The number of para-hydroxylation sites is 1. The fourth-order valence-corrected chi connectivity index (χ4v) is 3.62. The Morgan fingerprint density at radius 2 is 1.84 bits per heavy atom. The summed E-state index contributed by atoms with van der Waals surface area (Å²) in [5.41, 5.74) is 3.39. The lowest BCUT2D eigenvalue weighted by atomic mass is 10.2. The second-order valence-corrected chi connectivity index (χ2v) is 7.23. The molecule has 0 saturated heterocycles. The highest BCUT2D eigenvalue weighted by molar-refractivity contribution is 5.97. The van der Waals surface area contributed by atoms with Gasteiger partial charge in [0.2, 0.25) is 6.79 Å². The zero-order chi connectivity index (χ0) is 22.1. The molecule has 32 heavy (non-hydrogen) atoms. The van der Waals surface area contributed by atoms with E-state index >= 15 is 0 Å². The second-order valence-electron chi connectivity index (χ2n) is 7.23. The van der Waals surface area contributed by atoms with Crippen molar-refractivity contribution in [2.75, 3.05) is 18.7 Å². The Kier molecular flexibility index (Phi) is 4.95. The molecule has 8 nitrogen and oxygen atoms in total. The van der Waals surface area contributed by atoms with Gasteiger partial charge in [0.25, 0.3) is 5.91 Å². The third kappa shape index (κ3) is 3.74. The summed E-state index contributed by atoms with van der Waals surface area (Å²) in [5.74, 6) is 0.926. The summed E-state index contributed by atoms with van der Waals surface area (Å²) in [6.45, 7) is 1.64. The van der Waals surface area contributed by atoms with Crippen LogP contribution in [0.1, 0.15) is 16.2 Å². The molecule has 0 unspecified atom stereocenters. The molecule has 1 amide bonds. The number of nitrogens with one attached hydrogen (secondary N) is 1. The van der Waals surface area contributed by atoms with Gasteiger partial charge in [-0.15, -0.1) is 0 Å². The minimum absolute atomic E-state index is 0.151. The number of aryl methyl sites for hydroxylation is 1. The van der Waals surface area contributed by atoms with Gasteiger partial charge >= 0.3 is 5.97 Å². The van der Waals surface area contributed by atoms with Crippen LogP contribution in [0.15, 0.2) is 66.7 Å². The number of hydrogen-bond acceptors (Lipinski definition) is 6. The lowest BCUT2D eigenvalue weighted by Gasteiger charge is -2.08. The van der Waals surface area contributed by atoms with E-state index in [-0.39, 0.29) is 6.79 Å². The van der Waals surface area contributed by atoms with Crippen molar-refractivity contribution in [2.45, 2.75) is 6.92 Å². The SMILES string of the molecule is Cc1nc2cc(C(=O)OCC(=O)Nc3ccc4c(c3)OCO4)ccc2n1-c1ccccc1. The van der Waals surface area contributed by atoms with Crippen LogP contribution in [0.2, 0.25) is 0 Å². The average Bonchev–Trinajstić information content (AvgIpc) is 3.40. The van der Waals surface area contributed by atoms with E-state index in [4.69, 9.17) is 14.2 Å². The molecular weight excluding hydrogens is 410 g/mol. The topological polar surface area (TPSA) is 91.7 Å². The first-order valence-electron chi connectivity index (χ1n) is 9.99. The van der Waals surface area contributed by atoms with Gasteiger partial charge in [0, 0.05) is 17.4 Å². The molecule has 160 valence electrons. The lowest BCUT2D eigenvalue weighted by Crippen LogP contribution is -2.20. The van der Waals surface area contributed by atoms with Gasteiger partial charge < -0.3 is 19.5 Å². The highest BCUT2D eigenvalue weighted by Gasteiger charge is 2.16. The zero-order valence-corrected chi connectivity index (χ0v) is 17.2. The number of ether oxygens (including phenoxy) is 3. The summed E-state index contributed by atoms with van der Waals surface area (Å²) in [4.78, 5) is 29.2. The smallest absolute Gasteiger partial charge is 0.338 e. The number of rotatable bonds is 5. The van der Waals surface area contributed by atoms with E-state index in [0.29, 0.717) is 28.3 Å². The number of benzene rings is 3. The Morgan fingerprint density at radius 1 is 1.03 bits per heavy atom. The number of fused-ring (bicyclic) bond motifs is 2.